The minimum Gasteiger partial charge on any atom is -0.335 e. The topological polar surface area (TPSA) is 32.3 Å². The second-order valence-electron chi connectivity index (χ2n) is 6.27. The van der Waals surface area contributed by atoms with Crippen molar-refractivity contribution in [1.29, 1.82) is 0 Å². The largest absolute Gasteiger partial charge is 0.335 e. The number of hydrogen-bond donors (Lipinski definition) is 1. The van der Waals surface area contributed by atoms with Gasteiger partial charge in [-0.05, 0) is 29.5 Å². The van der Waals surface area contributed by atoms with Gasteiger partial charge in [-0.3, -0.25) is 0 Å². The molecular formula is C19H20N2O. The van der Waals surface area contributed by atoms with E-state index >= 15 is 0 Å². The van der Waals surface area contributed by atoms with Gasteiger partial charge in [-0.1, -0.05) is 54.6 Å². The van der Waals surface area contributed by atoms with Crippen molar-refractivity contribution in [3.8, 4) is 0 Å². The molecule has 112 valence electrons. The van der Waals surface area contributed by atoms with E-state index in [9.17, 15) is 4.79 Å². The zero-order valence-corrected chi connectivity index (χ0v) is 12.5. The molecule has 4 rings (SSSR count). The van der Waals surface area contributed by atoms with Crippen LogP contribution in [0.25, 0.3) is 0 Å². The molecule has 1 aliphatic heterocycles. The summed E-state index contributed by atoms with van der Waals surface area (Å²) in [4.78, 5) is 14.4. The van der Waals surface area contributed by atoms with Crippen LogP contribution in [-0.4, -0.2) is 23.5 Å². The van der Waals surface area contributed by atoms with Crippen LogP contribution in [0.1, 0.15) is 35.4 Å². The van der Waals surface area contributed by atoms with Gasteiger partial charge in [0.05, 0.1) is 0 Å². The normalized spacial score (nSPS) is 20.4. The summed E-state index contributed by atoms with van der Waals surface area (Å²) in [6.07, 6.45) is 2.25. The Morgan fingerprint density at radius 2 is 1.73 bits per heavy atom. The van der Waals surface area contributed by atoms with Crippen LogP contribution < -0.4 is 5.32 Å². The van der Waals surface area contributed by atoms with Crippen molar-refractivity contribution in [2.24, 2.45) is 0 Å². The van der Waals surface area contributed by atoms with Gasteiger partial charge in [-0.15, -0.1) is 0 Å². The van der Waals surface area contributed by atoms with Crippen LogP contribution in [0.15, 0.2) is 54.6 Å². The molecule has 2 aliphatic rings. The summed E-state index contributed by atoms with van der Waals surface area (Å²) in [5, 5.41) is 3.11. The first-order valence-corrected chi connectivity index (χ1v) is 7.99. The van der Waals surface area contributed by atoms with Crippen molar-refractivity contribution < 1.29 is 4.79 Å². The molecule has 0 unspecified atom stereocenters. The van der Waals surface area contributed by atoms with Crippen LogP contribution >= 0.6 is 0 Å². The molecule has 0 radical (unpaired) electrons. The number of hydrogen-bond acceptors (Lipinski definition) is 1. The lowest BCUT2D eigenvalue weighted by molar-refractivity contribution is 0.188. The van der Waals surface area contributed by atoms with Gasteiger partial charge in [0.25, 0.3) is 0 Å². The molecule has 2 amide bonds. The van der Waals surface area contributed by atoms with E-state index in [1.165, 1.54) is 16.7 Å². The summed E-state index contributed by atoms with van der Waals surface area (Å²) in [5.41, 5.74) is 3.89. The first-order chi connectivity index (χ1) is 10.8. The van der Waals surface area contributed by atoms with Crippen LogP contribution in [-0.2, 0) is 6.54 Å². The molecule has 3 nitrogen and oxygen atoms in total. The van der Waals surface area contributed by atoms with E-state index < -0.39 is 0 Å². The molecule has 1 N–H and O–H groups in total. The van der Waals surface area contributed by atoms with Crippen molar-refractivity contribution in [2.75, 3.05) is 6.54 Å². The highest BCUT2D eigenvalue weighted by molar-refractivity contribution is 5.75. The van der Waals surface area contributed by atoms with Gasteiger partial charge in [-0.25, -0.2) is 4.79 Å². The fourth-order valence-electron chi connectivity index (χ4n) is 3.23. The number of benzene rings is 2. The average Bonchev–Trinajstić information content (AvgIpc) is 3.38. The minimum absolute atomic E-state index is 0.0814. The third-order valence-corrected chi connectivity index (χ3v) is 4.59. The van der Waals surface area contributed by atoms with E-state index in [2.05, 4.69) is 53.8 Å². The van der Waals surface area contributed by atoms with Crippen molar-refractivity contribution in [1.82, 2.24) is 10.2 Å². The van der Waals surface area contributed by atoms with Crippen molar-refractivity contribution >= 4 is 6.03 Å². The van der Waals surface area contributed by atoms with Crippen LogP contribution in [0, 0.1) is 0 Å². The summed E-state index contributed by atoms with van der Waals surface area (Å²) in [6, 6.07) is 19.5. The first kappa shape index (κ1) is 13.4. The lowest BCUT2D eigenvalue weighted by atomic mass is 9.85. The minimum atomic E-state index is 0.0814. The molecule has 1 fully saturated rings. The number of rotatable bonds is 2. The quantitative estimate of drug-likeness (QED) is 0.902. The van der Waals surface area contributed by atoms with Gasteiger partial charge in [0.15, 0.2) is 0 Å². The van der Waals surface area contributed by atoms with E-state index in [4.69, 9.17) is 0 Å². The highest BCUT2D eigenvalue weighted by atomic mass is 16.2. The summed E-state index contributed by atoms with van der Waals surface area (Å²) < 4.78 is 0. The standard InChI is InChI=1S/C19H20N2O/c22-19(20-16-10-11-16)21-12-15-8-4-5-9-17(15)18(13-21)14-6-2-1-3-7-14/h1-9,16,18H,10-13H2,(H,20,22)/t18-/m1/s1. The Kier molecular flexibility index (Phi) is 3.34. The summed E-state index contributed by atoms with van der Waals surface area (Å²) >= 11 is 0. The van der Waals surface area contributed by atoms with Gasteiger partial charge in [0.2, 0.25) is 0 Å². The van der Waals surface area contributed by atoms with Gasteiger partial charge in [0.1, 0.15) is 0 Å². The fourth-order valence-corrected chi connectivity index (χ4v) is 3.23. The number of urea groups is 1. The Morgan fingerprint density at radius 1 is 1.00 bits per heavy atom. The molecule has 2 aromatic rings. The Balaban J connectivity index is 1.65. The highest BCUT2D eigenvalue weighted by Gasteiger charge is 2.31. The van der Waals surface area contributed by atoms with E-state index in [0.717, 1.165) is 19.4 Å². The smallest absolute Gasteiger partial charge is 0.317 e. The number of carbonyl (C=O) groups is 1. The van der Waals surface area contributed by atoms with Gasteiger partial charge < -0.3 is 10.2 Å². The Hall–Kier alpha value is -2.29. The predicted octanol–water partition coefficient (Wildman–Crippen LogP) is 3.51. The molecule has 2 aromatic carbocycles. The first-order valence-electron chi connectivity index (χ1n) is 7.99. The number of nitrogens with one attached hydrogen (secondary N) is 1. The molecule has 1 heterocycles. The molecule has 0 saturated heterocycles. The van der Waals surface area contributed by atoms with Crippen molar-refractivity contribution in [2.45, 2.75) is 31.3 Å². The van der Waals surface area contributed by atoms with E-state index in [1.54, 1.807) is 0 Å². The zero-order valence-electron chi connectivity index (χ0n) is 12.5. The molecule has 1 atom stereocenters. The summed E-state index contributed by atoms with van der Waals surface area (Å²) in [7, 11) is 0. The van der Waals surface area contributed by atoms with E-state index in [1.807, 2.05) is 11.0 Å². The zero-order chi connectivity index (χ0) is 14.9. The molecule has 0 spiro atoms. The van der Waals surface area contributed by atoms with Crippen LogP contribution in [0.5, 0.6) is 0 Å². The van der Waals surface area contributed by atoms with E-state index in [0.29, 0.717) is 12.6 Å². The molecule has 0 bridgehead atoms. The Bertz CT molecular complexity index is 679. The Morgan fingerprint density at radius 3 is 2.50 bits per heavy atom. The third-order valence-electron chi connectivity index (χ3n) is 4.59. The molecule has 22 heavy (non-hydrogen) atoms. The Labute approximate surface area is 131 Å². The average molecular weight is 292 g/mol. The van der Waals surface area contributed by atoms with E-state index in [-0.39, 0.29) is 11.9 Å². The number of amides is 2. The highest BCUT2D eigenvalue weighted by Crippen LogP contribution is 2.33. The summed E-state index contributed by atoms with van der Waals surface area (Å²) in [5.74, 6) is 0.260. The van der Waals surface area contributed by atoms with Crippen molar-refractivity contribution in [3.05, 3.63) is 71.3 Å². The molecule has 1 aliphatic carbocycles. The maximum absolute atomic E-state index is 12.5. The number of carbonyl (C=O) groups excluding carboxylic acids is 1. The molecule has 1 saturated carbocycles. The molecular weight excluding hydrogens is 272 g/mol. The third kappa shape index (κ3) is 2.59. The second kappa shape index (κ2) is 5.48. The van der Waals surface area contributed by atoms with Gasteiger partial charge >= 0.3 is 6.03 Å². The van der Waals surface area contributed by atoms with Crippen LogP contribution in [0.2, 0.25) is 0 Å². The maximum atomic E-state index is 12.5. The predicted molar refractivity (Wildman–Crippen MR) is 86.7 cm³/mol. The lowest BCUT2D eigenvalue weighted by Gasteiger charge is -2.35. The fraction of sp³-hybridized carbons (Fsp3) is 0.316. The monoisotopic (exact) mass is 292 g/mol. The number of nitrogens with zero attached hydrogens (tertiary/aromatic N) is 1. The molecule has 3 heteroatoms. The maximum Gasteiger partial charge on any atom is 0.317 e. The SMILES string of the molecule is O=C(NC1CC1)N1Cc2ccccc2[C@@H](c2ccccc2)C1. The van der Waals surface area contributed by atoms with Gasteiger partial charge in [0, 0.05) is 25.0 Å². The van der Waals surface area contributed by atoms with Crippen LogP contribution in [0.4, 0.5) is 4.79 Å². The second-order valence-corrected chi connectivity index (χ2v) is 6.27. The van der Waals surface area contributed by atoms with Crippen LogP contribution in [0.3, 0.4) is 0 Å². The number of fused-ring (bicyclic) bond motifs is 1. The van der Waals surface area contributed by atoms with Gasteiger partial charge in [-0.2, -0.15) is 0 Å². The molecule has 0 aromatic heterocycles. The summed E-state index contributed by atoms with van der Waals surface area (Å²) in [6.45, 7) is 1.46. The lowest BCUT2D eigenvalue weighted by Crippen LogP contribution is -2.45. The van der Waals surface area contributed by atoms with Crippen molar-refractivity contribution in [3.63, 3.8) is 0 Å².